The minimum absolute atomic E-state index is 0.0457. The van der Waals surface area contributed by atoms with Gasteiger partial charge in [-0.2, -0.15) is 0 Å². The minimum atomic E-state index is -0.182. The molecule has 0 saturated carbocycles. The Kier molecular flexibility index (Phi) is 5.63. The van der Waals surface area contributed by atoms with E-state index < -0.39 is 0 Å². The maximum Gasteiger partial charge on any atom is 0.127 e. The first-order chi connectivity index (χ1) is 10.0. The molecule has 2 aromatic carbocycles. The van der Waals surface area contributed by atoms with Crippen molar-refractivity contribution in [1.82, 2.24) is 5.32 Å². The SMILES string of the molecule is CCC(NC(C)c1ccc(Cl)c(Cl)c1)c1ccccc1F. The lowest BCUT2D eigenvalue weighted by molar-refractivity contribution is 0.439. The molecule has 0 saturated heterocycles. The third-order valence-corrected chi connectivity index (χ3v) is 4.32. The third kappa shape index (κ3) is 3.97. The average molecular weight is 326 g/mol. The second-order valence-corrected chi connectivity index (χ2v) is 5.86. The molecular weight excluding hydrogens is 308 g/mol. The number of benzene rings is 2. The van der Waals surface area contributed by atoms with Gasteiger partial charge in [-0.3, -0.25) is 0 Å². The number of nitrogens with one attached hydrogen (secondary N) is 1. The van der Waals surface area contributed by atoms with E-state index in [1.807, 2.05) is 38.1 Å². The van der Waals surface area contributed by atoms with E-state index in [1.54, 1.807) is 12.1 Å². The Bertz CT molecular complexity index is 615. The first-order valence-corrected chi connectivity index (χ1v) is 7.74. The average Bonchev–Trinajstić information content (AvgIpc) is 2.48. The Labute approximate surface area is 135 Å². The molecule has 2 rings (SSSR count). The van der Waals surface area contributed by atoms with Crippen LogP contribution in [0, 0.1) is 5.82 Å². The van der Waals surface area contributed by atoms with Crippen LogP contribution in [0.4, 0.5) is 4.39 Å². The monoisotopic (exact) mass is 325 g/mol. The zero-order chi connectivity index (χ0) is 15.4. The summed E-state index contributed by atoms with van der Waals surface area (Å²) in [7, 11) is 0. The molecule has 0 aliphatic heterocycles. The fourth-order valence-corrected chi connectivity index (χ4v) is 2.67. The van der Waals surface area contributed by atoms with Crippen molar-refractivity contribution in [2.24, 2.45) is 0 Å². The van der Waals surface area contributed by atoms with Crippen LogP contribution in [-0.2, 0) is 0 Å². The summed E-state index contributed by atoms with van der Waals surface area (Å²) < 4.78 is 13.9. The van der Waals surface area contributed by atoms with Gasteiger partial charge in [0.05, 0.1) is 10.0 Å². The standard InChI is InChI=1S/C17H18Cl2FN/c1-3-17(13-6-4-5-7-16(13)20)21-11(2)12-8-9-14(18)15(19)10-12/h4-11,17,21H,3H2,1-2H3. The van der Waals surface area contributed by atoms with Crippen LogP contribution in [-0.4, -0.2) is 0 Å². The molecule has 2 unspecified atom stereocenters. The van der Waals surface area contributed by atoms with E-state index in [9.17, 15) is 4.39 Å². The molecule has 0 radical (unpaired) electrons. The largest absolute Gasteiger partial charge is 0.303 e. The van der Waals surface area contributed by atoms with Crippen LogP contribution in [0.2, 0.25) is 10.0 Å². The Morgan fingerprint density at radius 2 is 1.81 bits per heavy atom. The van der Waals surface area contributed by atoms with Crippen LogP contribution < -0.4 is 5.32 Å². The lowest BCUT2D eigenvalue weighted by Gasteiger charge is -2.23. The summed E-state index contributed by atoms with van der Waals surface area (Å²) in [6.45, 7) is 4.06. The van der Waals surface area contributed by atoms with Gasteiger partial charge in [-0.05, 0) is 37.1 Å². The van der Waals surface area contributed by atoms with E-state index in [0.29, 0.717) is 15.6 Å². The van der Waals surface area contributed by atoms with Crippen molar-refractivity contribution in [2.45, 2.75) is 32.4 Å². The molecule has 0 aliphatic rings. The summed E-state index contributed by atoms with van der Waals surface area (Å²) in [5.74, 6) is -0.182. The maximum atomic E-state index is 13.9. The molecule has 21 heavy (non-hydrogen) atoms. The van der Waals surface area contributed by atoms with Crippen LogP contribution in [0.1, 0.15) is 43.5 Å². The van der Waals surface area contributed by atoms with Crippen LogP contribution in [0.3, 0.4) is 0 Å². The van der Waals surface area contributed by atoms with Gasteiger partial charge in [0.25, 0.3) is 0 Å². The van der Waals surface area contributed by atoms with Crippen molar-refractivity contribution in [2.75, 3.05) is 0 Å². The first-order valence-electron chi connectivity index (χ1n) is 6.98. The summed E-state index contributed by atoms with van der Waals surface area (Å²) in [6.07, 6.45) is 0.798. The van der Waals surface area contributed by atoms with Gasteiger partial charge in [0.2, 0.25) is 0 Å². The molecule has 0 bridgehead atoms. The highest BCUT2D eigenvalue weighted by Crippen LogP contribution is 2.28. The van der Waals surface area contributed by atoms with E-state index >= 15 is 0 Å². The van der Waals surface area contributed by atoms with E-state index in [2.05, 4.69) is 5.32 Å². The Hall–Kier alpha value is -1.09. The van der Waals surface area contributed by atoms with Crippen molar-refractivity contribution in [3.8, 4) is 0 Å². The second-order valence-electron chi connectivity index (χ2n) is 5.04. The smallest absolute Gasteiger partial charge is 0.127 e. The zero-order valence-electron chi connectivity index (χ0n) is 12.0. The highest BCUT2D eigenvalue weighted by molar-refractivity contribution is 6.42. The van der Waals surface area contributed by atoms with Gasteiger partial charge in [-0.25, -0.2) is 4.39 Å². The van der Waals surface area contributed by atoms with Crippen LogP contribution in [0.25, 0.3) is 0 Å². The molecule has 0 spiro atoms. The van der Waals surface area contributed by atoms with Crippen molar-refractivity contribution in [3.05, 3.63) is 69.5 Å². The Morgan fingerprint density at radius 1 is 1.10 bits per heavy atom. The van der Waals surface area contributed by atoms with Crippen molar-refractivity contribution in [3.63, 3.8) is 0 Å². The number of hydrogen-bond donors (Lipinski definition) is 1. The van der Waals surface area contributed by atoms with Crippen LogP contribution >= 0.6 is 23.2 Å². The summed E-state index contributed by atoms with van der Waals surface area (Å²) in [4.78, 5) is 0. The van der Waals surface area contributed by atoms with E-state index in [0.717, 1.165) is 12.0 Å². The third-order valence-electron chi connectivity index (χ3n) is 3.58. The van der Waals surface area contributed by atoms with Gasteiger partial charge in [0.15, 0.2) is 0 Å². The normalized spacial score (nSPS) is 14.0. The van der Waals surface area contributed by atoms with Crippen molar-refractivity contribution < 1.29 is 4.39 Å². The maximum absolute atomic E-state index is 13.9. The molecule has 0 heterocycles. The number of halogens is 3. The lowest BCUT2D eigenvalue weighted by atomic mass is 10.0. The summed E-state index contributed by atoms with van der Waals surface area (Å²) in [6, 6.07) is 12.4. The van der Waals surface area contributed by atoms with E-state index in [1.165, 1.54) is 6.07 Å². The zero-order valence-corrected chi connectivity index (χ0v) is 13.5. The van der Waals surface area contributed by atoms with Crippen molar-refractivity contribution >= 4 is 23.2 Å². The summed E-state index contributed by atoms with van der Waals surface area (Å²) in [5.41, 5.74) is 1.71. The predicted molar refractivity (Wildman–Crippen MR) is 87.4 cm³/mol. The topological polar surface area (TPSA) is 12.0 Å². The molecule has 1 N–H and O–H groups in total. The Morgan fingerprint density at radius 3 is 2.43 bits per heavy atom. The molecular formula is C17H18Cl2FN. The van der Waals surface area contributed by atoms with Gasteiger partial charge in [0, 0.05) is 17.6 Å². The van der Waals surface area contributed by atoms with E-state index in [4.69, 9.17) is 23.2 Å². The number of rotatable bonds is 5. The van der Waals surface area contributed by atoms with Crippen molar-refractivity contribution in [1.29, 1.82) is 0 Å². The molecule has 0 aromatic heterocycles. The fourth-order valence-electron chi connectivity index (χ4n) is 2.36. The van der Waals surface area contributed by atoms with Gasteiger partial charge >= 0.3 is 0 Å². The van der Waals surface area contributed by atoms with Gasteiger partial charge in [-0.1, -0.05) is 54.4 Å². The quantitative estimate of drug-likeness (QED) is 0.717. The Balaban J connectivity index is 2.18. The first kappa shape index (κ1) is 16.3. The molecule has 1 nitrogen and oxygen atoms in total. The van der Waals surface area contributed by atoms with Gasteiger partial charge < -0.3 is 5.32 Å². The number of hydrogen-bond acceptors (Lipinski definition) is 1. The lowest BCUT2D eigenvalue weighted by Crippen LogP contribution is -2.25. The molecule has 0 amide bonds. The second kappa shape index (κ2) is 7.26. The molecule has 4 heteroatoms. The highest BCUT2D eigenvalue weighted by Gasteiger charge is 2.17. The van der Waals surface area contributed by atoms with Gasteiger partial charge in [0.1, 0.15) is 5.82 Å². The minimum Gasteiger partial charge on any atom is -0.303 e. The van der Waals surface area contributed by atoms with Crippen LogP contribution in [0.5, 0.6) is 0 Å². The molecule has 0 aliphatic carbocycles. The molecule has 2 atom stereocenters. The summed E-state index contributed by atoms with van der Waals surface area (Å²) >= 11 is 12.0. The molecule has 2 aromatic rings. The molecule has 112 valence electrons. The summed E-state index contributed by atoms with van der Waals surface area (Å²) in [5, 5.41) is 4.51. The predicted octanol–water partition coefficient (Wildman–Crippen LogP) is 5.93. The fraction of sp³-hybridized carbons (Fsp3) is 0.294. The van der Waals surface area contributed by atoms with Crippen LogP contribution in [0.15, 0.2) is 42.5 Å². The van der Waals surface area contributed by atoms with Gasteiger partial charge in [-0.15, -0.1) is 0 Å². The highest BCUT2D eigenvalue weighted by atomic mass is 35.5. The molecule has 0 fully saturated rings. The van der Waals surface area contributed by atoms with E-state index in [-0.39, 0.29) is 17.9 Å².